The van der Waals surface area contributed by atoms with Crippen LogP contribution in [0, 0.1) is 10.1 Å². The van der Waals surface area contributed by atoms with Gasteiger partial charge in [0.2, 0.25) is 0 Å². The number of furan rings is 1. The molecule has 0 unspecified atom stereocenters. The number of thioether (sulfide) groups is 1. The molecule has 2 rings (SSSR count). The van der Waals surface area contributed by atoms with Gasteiger partial charge in [0.15, 0.2) is 5.17 Å². The van der Waals surface area contributed by atoms with Crippen molar-refractivity contribution in [3.8, 4) is 0 Å². The van der Waals surface area contributed by atoms with Crippen LogP contribution in [0.15, 0.2) is 32.8 Å². The predicted octanol–water partition coefficient (Wildman–Crippen LogP) is 2.39. The van der Waals surface area contributed by atoms with Crippen LogP contribution < -0.4 is 5.32 Å². The third kappa shape index (κ3) is 3.14. The van der Waals surface area contributed by atoms with Crippen molar-refractivity contribution in [2.75, 3.05) is 12.9 Å². The molecule has 8 nitrogen and oxygen atoms in total. The molecule has 118 valence electrons. The number of carbonyl (C=O) groups excluding carboxylic acids is 1. The third-order valence-corrected chi connectivity index (χ3v) is 3.56. The molecule has 1 aromatic rings. The van der Waals surface area contributed by atoms with Gasteiger partial charge in [0, 0.05) is 5.70 Å². The van der Waals surface area contributed by atoms with Crippen LogP contribution in [-0.2, 0) is 9.53 Å². The Balaban J connectivity index is 2.44. The smallest absolute Gasteiger partial charge is 0.433 e. The van der Waals surface area contributed by atoms with Gasteiger partial charge in [0.05, 0.1) is 18.2 Å². The molecule has 0 aromatic carbocycles. The summed E-state index contributed by atoms with van der Waals surface area (Å²) in [5.41, 5.74) is 0.866. The summed E-state index contributed by atoms with van der Waals surface area (Å²) in [5, 5.41) is 14.3. The number of amidine groups is 1. The molecule has 0 saturated carbocycles. The summed E-state index contributed by atoms with van der Waals surface area (Å²) in [6.45, 7) is 3.65. The zero-order valence-electron chi connectivity index (χ0n) is 12.3. The number of esters is 1. The number of nitrogens with zero attached hydrogens (tertiary/aromatic N) is 2. The Morgan fingerprint density at radius 3 is 2.86 bits per heavy atom. The second-order valence-corrected chi connectivity index (χ2v) is 5.15. The highest BCUT2D eigenvalue weighted by atomic mass is 32.2. The van der Waals surface area contributed by atoms with E-state index in [1.807, 2.05) is 6.26 Å². The van der Waals surface area contributed by atoms with Crippen molar-refractivity contribution >= 4 is 28.8 Å². The molecule has 0 aliphatic carbocycles. The van der Waals surface area contributed by atoms with E-state index in [9.17, 15) is 14.9 Å². The van der Waals surface area contributed by atoms with Gasteiger partial charge in [-0.2, -0.15) is 0 Å². The minimum Gasteiger partial charge on any atom is -0.463 e. The Morgan fingerprint density at radius 2 is 2.32 bits per heavy atom. The lowest BCUT2D eigenvalue weighted by atomic mass is 10.0. The summed E-state index contributed by atoms with van der Waals surface area (Å²) < 4.78 is 10.2. The zero-order chi connectivity index (χ0) is 16.3. The number of rotatable bonds is 4. The van der Waals surface area contributed by atoms with Gasteiger partial charge in [0.1, 0.15) is 16.7 Å². The molecule has 0 fully saturated rings. The summed E-state index contributed by atoms with van der Waals surface area (Å²) in [5.74, 6) is -0.696. The summed E-state index contributed by atoms with van der Waals surface area (Å²) in [6, 6.07) is 1.92. The highest BCUT2D eigenvalue weighted by molar-refractivity contribution is 8.13. The average molecular weight is 325 g/mol. The van der Waals surface area contributed by atoms with Crippen molar-refractivity contribution in [2.45, 2.75) is 19.9 Å². The maximum Gasteiger partial charge on any atom is 0.433 e. The highest BCUT2D eigenvalue weighted by Crippen LogP contribution is 2.34. The largest absolute Gasteiger partial charge is 0.463 e. The van der Waals surface area contributed by atoms with Gasteiger partial charge < -0.3 is 14.5 Å². The van der Waals surface area contributed by atoms with Gasteiger partial charge in [0.25, 0.3) is 0 Å². The number of nitrogens with one attached hydrogen (secondary N) is 1. The number of carbonyl (C=O) groups is 1. The lowest BCUT2D eigenvalue weighted by Crippen LogP contribution is -2.30. The molecule has 0 radical (unpaired) electrons. The van der Waals surface area contributed by atoms with Crippen LogP contribution >= 0.6 is 11.8 Å². The van der Waals surface area contributed by atoms with Crippen molar-refractivity contribution in [3.05, 3.63) is 39.3 Å². The molecule has 0 amide bonds. The number of nitro groups is 1. The second-order valence-electron chi connectivity index (χ2n) is 4.36. The Hall–Kier alpha value is -2.29. The summed E-state index contributed by atoms with van der Waals surface area (Å²) >= 11 is 1.37. The number of aliphatic imine (C=N–C) groups is 1. The Labute approximate surface area is 130 Å². The lowest BCUT2D eigenvalue weighted by molar-refractivity contribution is -0.402. The first-order chi connectivity index (χ1) is 10.5. The number of allylic oxidation sites excluding steroid dienone is 1. The minimum absolute atomic E-state index is 0.222. The quantitative estimate of drug-likeness (QED) is 0.514. The number of ether oxygens (including phenoxy) is 1. The SMILES string of the molecule is CCOC(=O)C1=C(C)NC(SC)=N[C@@H]1c1ccc([N+](=O)[O-])o1. The van der Waals surface area contributed by atoms with Crippen LogP contribution in [0.25, 0.3) is 0 Å². The highest BCUT2D eigenvalue weighted by Gasteiger charge is 2.33. The molecule has 1 aliphatic heterocycles. The predicted molar refractivity (Wildman–Crippen MR) is 81.5 cm³/mol. The fraction of sp³-hybridized carbons (Fsp3) is 0.385. The van der Waals surface area contributed by atoms with Gasteiger partial charge in [-0.1, -0.05) is 11.8 Å². The molecule has 0 spiro atoms. The van der Waals surface area contributed by atoms with Crippen LogP contribution in [0.2, 0.25) is 0 Å². The fourth-order valence-corrected chi connectivity index (χ4v) is 2.48. The first kappa shape index (κ1) is 16.1. The van der Waals surface area contributed by atoms with Gasteiger partial charge in [-0.25, -0.2) is 9.79 Å². The normalized spacial score (nSPS) is 17.8. The topological polar surface area (TPSA) is 107 Å². The van der Waals surface area contributed by atoms with E-state index in [4.69, 9.17) is 9.15 Å². The van der Waals surface area contributed by atoms with Crippen LogP contribution in [0.4, 0.5) is 5.88 Å². The van der Waals surface area contributed by atoms with E-state index in [1.165, 1.54) is 23.9 Å². The van der Waals surface area contributed by atoms with Crippen LogP contribution in [-0.4, -0.2) is 28.9 Å². The fourth-order valence-electron chi connectivity index (χ4n) is 2.02. The average Bonchev–Trinajstić information content (AvgIpc) is 2.96. The van der Waals surface area contributed by atoms with E-state index < -0.39 is 22.8 Å². The van der Waals surface area contributed by atoms with Crippen molar-refractivity contribution in [1.82, 2.24) is 5.32 Å². The molecular formula is C13H15N3O5S. The van der Waals surface area contributed by atoms with Gasteiger partial charge in [-0.15, -0.1) is 0 Å². The number of hydrogen-bond acceptors (Lipinski definition) is 8. The Morgan fingerprint density at radius 1 is 1.59 bits per heavy atom. The monoisotopic (exact) mass is 325 g/mol. The summed E-state index contributed by atoms with van der Waals surface area (Å²) in [6.07, 6.45) is 1.83. The standard InChI is InChI=1S/C13H15N3O5S/c1-4-20-12(17)10-7(2)14-13(22-3)15-11(10)8-5-6-9(21-8)16(18)19/h5-6,11H,4H2,1-3H3,(H,14,15)/t11-/m1/s1. The maximum absolute atomic E-state index is 12.2. The molecule has 1 N–H and O–H groups in total. The van der Waals surface area contributed by atoms with Gasteiger partial charge >= 0.3 is 11.9 Å². The molecule has 2 heterocycles. The second kappa shape index (κ2) is 6.65. The first-order valence-corrected chi connectivity index (χ1v) is 7.71. The van der Waals surface area contributed by atoms with E-state index in [1.54, 1.807) is 13.8 Å². The van der Waals surface area contributed by atoms with Crippen LogP contribution in [0.5, 0.6) is 0 Å². The van der Waals surface area contributed by atoms with Gasteiger partial charge in [-0.05, 0) is 26.2 Å². The molecular weight excluding hydrogens is 310 g/mol. The maximum atomic E-state index is 12.2. The van der Waals surface area contributed by atoms with Crippen molar-refractivity contribution in [1.29, 1.82) is 0 Å². The van der Waals surface area contributed by atoms with E-state index in [-0.39, 0.29) is 17.9 Å². The van der Waals surface area contributed by atoms with Crippen molar-refractivity contribution < 1.29 is 18.9 Å². The van der Waals surface area contributed by atoms with Crippen LogP contribution in [0.1, 0.15) is 25.6 Å². The molecule has 9 heteroatoms. The van der Waals surface area contributed by atoms with Crippen molar-refractivity contribution in [3.63, 3.8) is 0 Å². The summed E-state index contributed by atoms with van der Waals surface area (Å²) in [7, 11) is 0. The van der Waals surface area contributed by atoms with E-state index in [2.05, 4.69) is 10.3 Å². The number of hydrogen-bond donors (Lipinski definition) is 1. The first-order valence-electron chi connectivity index (χ1n) is 6.48. The van der Waals surface area contributed by atoms with Crippen LogP contribution in [0.3, 0.4) is 0 Å². The molecule has 22 heavy (non-hydrogen) atoms. The minimum atomic E-state index is -0.767. The lowest BCUT2D eigenvalue weighted by Gasteiger charge is -2.23. The van der Waals surface area contributed by atoms with E-state index >= 15 is 0 Å². The molecule has 0 saturated heterocycles. The van der Waals surface area contributed by atoms with E-state index in [0.29, 0.717) is 10.9 Å². The molecule has 1 atom stereocenters. The molecule has 1 aromatic heterocycles. The van der Waals surface area contributed by atoms with Gasteiger partial charge in [-0.3, -0.25) is 10.1 Å². The zero-order valence-corrected chi connectivity index (χ0v) is 13.1. The van der Waals surface area contributed by atoms with E-state index in [0.717, 1.165) is 0 Å². The van der Waals surface area contributed by atoms with Crippen molar-refractivity contribution in [2.24, 2.45) is 4.99 Å². The third-order valence-electron chi connectivity index (χ3n) is 2.97. The summed E-state index contributed by atoms with van der Waals surface area (Å²) in [4.78, 5) is 26.6. The molecule has 1 aliphatic rings. The Kier molecular flexibility index (Phi) is 4.86. The Bertz CT molecular complexity index is 664. The molecule has 0 bridgehead atoms.